The van der Waals surface area contributed by atoms with E-state index in [9.17, 15) is 4.79 Å². The normalized spacial score (nSPS) is 20.8. The van der Waals surface area contributed by atoms with E-state index in [1.807, 2.05) is 25.1 Å². The highest BCUT2D eigenvalue weighted by Crippen LogP contribution is 2.21. The van der Waals surface area contributed by atoms with Gasteiger partial charge in [-0.05, 0) is 24.1 Å². The van der Waals surface area contributed by atoms with Crippen molar-refractivity contribution in [2.45, 2.75) is 25.9 Å². The summed E-state index contributed by atoms with van der Waals surface area (Å²) < 4.78 is 0.979. The number of nitrogens with two attached hydrogens (primary N) is 1. The third-order valence-corrected chi connectivity index (χ3v) is 3.80. The summed E-state index contributed by atoms with van der Waals surface area (Å²) in [6.07, 6.45) is 0.822. The molecular formula is C13H18BrN3O. The molecule has 5 heteroatoms. The van der Waals surface area contributed by atoms with Crippen molar-refractivity contribution in [3.63, 3.8) is 0 Å². The number of anilines is 1. The van der Waals surface area contributed by atoms with Crippen molar-refractivity contribution in [3.05, 3.63) is 28.2 Å². The van der Waals surface area contributed by atoms with Crippen molar-refractivity contribution in [3.8, 4) is 0 Å². The number of benzene rings is 1. The lowest BCUT2D eigenvalue weighted by atomic mass is 10.1. The van der Waals surface area contributed by atoms with E-state index in [0.29, 0.717) is 6.54 Å². The van der Waals surface area contributed by atoms with Gasteiger partial charge in [0, 0.05) is 29.8 Å². The molecule has 0 spiro atoms. The third kappa shape index (κ3) is 2.84. The van der Waals surface area contributed by atoms with Crippen LogP contribution in [-0.2, 0) is 11.3 Å². The van der Waals surface area contributed by atoms with Gasteiger partial charge in [0.15, 0.2) is 0 Å². The van der Waals surface area contributed by atoms with Crippen molar-refractivity contribution in [2.75, 3.05) is 18.8 Å². The van der Waals surface area contributed by atoms with Gasteiger partial charge in [0.1, 0.15) is 0 Å². The number of nitrogens with one attached hydrogen (secondary N) is 1. The molecule has 0 aliphatic carbocycles. The van der Waals surface area contributed by atoms with Gasteiger partial charge < -0.3 is 11.1 Å². The second kappa shape index (κ2) is 5.71. The van der Waals surface area contributed by atoms with Gasteiger partial charge in [-0.2, -0.15) is 0 Å². The zero-order chi connectivity index (χ0) is 13.1. The van der Waals surface area contributed by atoms with Crippen molar-refractivity contribution in [1.82, 2.24) is 10.2 Å². The minimum absolute atomic E-state index is 0.0400. The standard InChI is InChI=1S/C13H18BrN3O/c1-2-12-13(18)16-5-6-17(12)8-9-3-4-10(14)7-11(9)15/h3-4,7,12H,2,5-6,8,15H2,1H3,(H,16,18). The zero-order valence-corrected chi connectivity index (χ0v) is 12.0. The molecule has 0 saturated carbocycles. The summed E-state index contributed by atoms with van der Waals surface area (Å²) in [7, 11) is 0. The Morgan fingerprint density at radius 1 is 1.56 bits per heavy atom. The van der Waals surface area contributed by atoms with Crippen molar-refractivity contribution in [1.29, 1.82) is 0 Å². The number of nitrogens with zero attached hydrogens (tertiary/aromatic N) is 1. The fraction of sp³-hybridized carbons (Fsp3) is 0.462. The zero-order valence-electron chi connectivity index (χ0n) is 10.4. The molecule has 1 atom stereocenters. The SMILES string of the molecule is CCC1C(=O)NCCN1Cc1ccc(Br)cc1N. The maximum absolute atomic E-state index is 11.8. The lowest BCUT2D eigenvalue weighted by Gasteiger charge is -2.34. The van der Waals surface area contributed by atoms with Gasteiger partial charge >= 0.3 is 0 Å². The minimum Gasteiger partial charge on any atom is -0.398 e. The van der Waals surface area contributed by atoms with E-state index < -0.39 is 0 Å². The van der Waals surface area contributed by atoms with Gasteiger partial charge in [-0.3, -0.25) is 9.69 Å². The van der Waals surface area contributed by atoms with Gasteiger partial charge in [-0.25, -0.2) is 0 Å². The highest BCUT2D eigenvalue weighted by molar-refractivity contribution is 9.10. The fourth-order valence-electron chi connectivity index (χ4n) is 2.32. The van der Waals surface area contributed by atoms with Crippen LogP contribution in [0.15, 0.2) is 22.7 Å². The topological polar surface area (TPSA) is 58.4 Å². The highest BCUT2D eigenvalue weighted by Gasteiger charge is 2.28. The van der Waals surface area contributed by atoms with E-state index in [1.54, 1.807) is 0 Å². The molecule has 0 bridgehead atoms. The molecule has 98 valence electrons. The minimum atomic E-state index is -0.0400. The van der Waals surface area contributed by atoms with Crippen LogP contribution in [0.4, 0.5) is 5.69 Å². The third-order valence-electron chi connectivity index (χ3n) is 3.31. The number of carbonyl (C=O) groups excluding carboxylic acids is 1. The summed E-state index contributed by atoms with van der Waals surface area (Å²) in [5.74, 6) is 0.124. The van der Waals surface area contributed by atoms with Crippen LogP contribution in [0.3, 0.4) is 0 Å². The van der Waals surface area contributed by atoms with Gasteiger partial charge in [-0.15, -0.1) is 0 Å². The predicted molar refractivity (Wildman–Crippen MR) is 76.1 cm³/mol. The first-order valence-electron chi connectivity index (χ1n) is 6.17. The molecule has 1 aliphatic rings. The van der Waals surface area contributed by atoms with Gasteiger partial charge in [0.05, 0.1) is 6.04 Å². The van der Waals surface area contributed by atoms with Crippen LogP contribution in [0, 0.1) is 0 Å². The predicted octanol–water partition coefficient (Wildman–Crippen LogP) is 1.74. The summed E-state index contributed by atoms with van der Waals surface area (Å²) >= 11 is 3.40. The Labute approximate surface area is 116 Å². The first kappa shape index (κ1) is 13.4. The molecule has 1 aromatic rings. The number of hydrogen-bond acceptors (Lipinski definition) is 3. The molecule has 1 heterocycles. The lowest BCUT2D eigenvalue weighted by molar-refractivity contribution is -0.129. The molecule has 3 N–H and O–H groups in total. The first-order valence-corrected chi connectivity index (χ1v) is 6.96. The van der Waals surface area contributed by atoms with E-state index >= 15 is 0 Å². The van der Waals surface area contributed by atoms with Crippen LogP contribution in [-0.4, -0.2) is 29.9 Å². The van der Waals surface area contributed by atoms with Crippen LogP contribution >= 0.6 is 15.9 Å². The smallest absolute Gasteiger partial charge is 0.237 e. The van der Waals surface area contributed by atoms with Crippen LogP contribution in [0.1, 0.15) is 18.9 Å². The van der Waals surface area contributed by atoms with Gasteiger partial charge in [0.25, 0.3) is 0 Å². The Morgan fingerprint density at radius 2 is 2.33 bits per heavy atom. The number of amides is 1. The van der Waals surface area contributed by atoms with Gasteiger partial charge in [-0.1, -0.05) is 28.9 Å². The molecular weight excluding hydrogens is 294 g/mol. The Bertz CT molecular complexity index is 450. The second-order valence-electron chi connectivity index (χ2n) is 4.53. The van der Waals surface area contributed by atoms with E-state index in [0.717, 1.165) is 35.2 Å². The molecule has 1 fully saturated rings. The highest BCUT2D eigenvalue weighted by atomic mass is 79.9. The molecule has 1 aliphatic heterocycles. The monoisotopic (exact) mass is 311 g/mol. The van der Waals surface area contributed by atoms with E-state index in [4.69, 9.17) is 5.73 Å². The summed E-state index contributed by atoms with van der Waals surface area (Å²) in [5, 5.41) is 2.90. The summed E-state index contributed by atoms with van der Waals surface area (Å²) in [6, 6.07) is 5.86. The number of rotatable bonds is 3. The number of halogens is 1. The average Bonchev–Trinajstić information content (AvgIpc) is 2.33. The molecule has 1 aromatic carbocycles. The number of carbonyl (C=O) groups is 1. The Balaban J connectivity index is 2.14. The molecule has 4 nitrogen and oxygen atoms in total. The molecule has 1 amide bonds. The Morgan fingerprint density at radius 3 is 3.00 bits per heavy atom. The van der Waals surface area contributed by atoms with Crippen LogP contribution < -0.4 is 11.1 Å². The van der Waals surface area contributed by atoms with Crippen molar-refractivity contribution < 1.29 is 4.79 Å². The Kier molecular flexibility index (Phi) is 4.24. The number of piperazine rings is 1. The van der Waals surface area contributed by atoms with Crippen LogP contribution in [0.25, 0.3) is 0 Å². The molecule has 1 unspecified atom stereocenters. The fourth-order valence-corrected chi connectivity index (χ4v) is 2.70. The van der Waals surface area contributed by atoms with Gasteiger partial charge in [0.2, 0.25) is 5.91 Å². The number of hydrogen-bond donors (Lipinski definition) is 2. The van der Waals surface area contributed by atoms with Crippen molar-refractivity contribution in [2.24, 2.45) is 0 Å². The first-order chi connectivity index (χ1) is 8.61. The maximum atomic E-state index is 11.8. The quantitative estimate of drug-likeness (QED) is 0.836. The molecule has 0 radical (unpaired) electrons. The maximum Gasteiger partial charge on any atom is 0.237 e. The molecule has 18 heavy (non-hydrogen) atoms. The largest absolute Gasteiger partial charge is 0.398 e. The molecule has 2 rings (SSSR count). The molecule has 1 saturated heterocycles. The summed E-state index contributed by atoms with van der Waals surface area (Å²) in [4.78, 5) is 14.0. The van der Waals surface area contributed by atoms with E-state index in [1.165, 1.54) is 0 Å². The van der Waals surface area contributed by atoms with Crippen LogP contribution in [0.5, 0.6) is 0 Å². The number of nitrogen functional groups attached to an aromatic ring is 1. The summed E-state index contributed by atoms with van der Waals surface area (Å²) in [5.41, 5.74) is 7.85. The summed E-state index contributed by atoms with van der Waals surface area (Å²) in [6.45, 7) is 4.35. The molecule has 0 aromatic heterocycles. The van der Waals surface area contributed by atoms with E-state index in [-0.39, 0.29) is 11.9 Å². The lowest BCUT2D eigenvalue weighted by Crippen LogP contribution is -2.54. The average molecular weight is 312 g/mol. The van der Waals surface area contributed by atoms with E-state index in [2.05, 4.69) is 26.1 Å². The van der Waals surface area contributed by atoms with Crippen LogP contribution in [0.2, 0.25) is 0 Å². The Hall–Kier alpha value is -1.07. The second-order valence-corrected chi connectivity index (χ2v) is 5.44. The van der Waals surface area contributed by atoms with Crippen molar-refractivity contribution >= 4 is 27.5 Å².